The van der Waals surface area contributed by atoms with Crippen molar-refractivity contribution in [3.8, 4) is 0 Å². The monoisotopic (exact) mass is 346 g/mol. The average molecular weight is 346 g/mol. The molecular formula is C18H30N6O. The molecule has 2 aliphatic heterocycles. The molecule has 0 radical (unpaired) electrons. The summed E-state index contributed by atoms with van der Waals surface area (Å²) in [6.07, 6.45) is 5.92. The number of rotatable bonds is 6. The summed E-state index contributed by atoms with van der Waals surface area (Å²) in [6, 6.07) is 0.0892. The van der Waals surface area contributed by atoms with E-state index in [0.717, 1.165) is 56.5 Å². The van der Waals surface area contributed by atoms with E-state index in [0.29, 0.717) is 0 Å². The maximum absolute atomic E-state index is 12.6. The highest BCUT2D eigenvalue weighted by molar-refractivity contribution is 5.74. The summed E-state index contributed by atoms with van der Waals surface area (Å²) >= 11 is 0. The molecule has 1 saturated carbocycles. The predicted octanol–water partition coefficient (Wildman–Crippen LogP) is 1.70. The summed E-state index contributed by atoms with van der Waals surface area (Å²) in [5, 5.41) is 15.0. The minimum absolute atomic E-state index is 0.0766. The molecule has 1 aliphatic carbocycles. The van der Waals surface area contributed by atoms with Crippen molar-refractivity contribution in [2.75, 3.05) is 19.6 Å². The fraction of sp³-hybridized carbons (Fsp3) is 0.833. The minimum Gasteiger partial charge on any atom is -0.334 e. The molecule has 0 spiro atoms. The van der Waals surface area contributed by atoms with Crippen molar-refractivity contribution < 1.29 is 4.79 Å². The van der Waals surface area contributed by atoms with Crippen LogP contribution in [0.2, 0.25) is 0 Å². The molecule has 1 aromatic rings. The van der Waals surface area contributed by atoms with Crippen LogP contribution in [0.5, 0.6) is 0 Å². The Labute approximate surface area is 149 Å². The average Bonchev–Trinajstić information content (AvgIpc) is 2.96. The molecule has 0 unspecified atom stereocenters. The van der Waals surface area contributed by atoms with Crippen LogP contribution in [0, 0.1) is 11.8 Å². The van der Waals surface area contributed by atoms with Gasteiger partial charge in [-0.25, -0.2) is 4.79 Å². The van der Waals surface area contributed by atoms with Gasteiger partial charge in [-0.1, -0.05) is 13.8 Å². The topological polar surface area (TPSA) is 75.1 Å². The van der Waals surface area contributed by atoms with Gasteiger partial charge in [0, 0.05) is 38.6 Å². The van der Waals surface area contributed by atoms with Crippen molar-refractivity contribution in [2.24, 2.45) is 11.8 Å². The van der Waals surface area contributed by atoms with Crippen LogP contribution < -0.4 is 10.6 Å². The number of nitrogens with zero attached hydrogens (tertiary/aromatic N) is 4. The number of likely N-dealkylation sites (tertiary alicyclic amines) is 1. The number of aryl methyl sites for hydroxylation is 1. The third kappa shape index (κ3) is 3.81. The number of carbonyl (C=O) groups is 1. The van der Waals surface area contributed by atoms with E-state index in [4.69, 9.17) is 0 Å². The second-order valence-electron chi connectivity index (χ2n) is 8.26. The number of hydrogen-bond acceptors (Lipinski definition) is 4. The standard InChI is InChI=1S/C18H30N6O/c1-12(2)16(17-22-21-15-4-3-8-24(15)17)20-18(25)19-14-7-9-23(11-14)10-13-5-6-13/h12-14,16H,3-11H2,1-2H3,(H2,19,20,25)/t14-,16+/m0/s1. The number of nitrogens with one attached hydrogen (secondary N) is 2. The van der Waals surface area contributed by atoms with E-state index in [2.05, 4.69) is 44.1 Å². The lowest BCUT2D eigenvalue weighted by Crippen LogP contribution is -2.46. The largest absolute Gasteiger partial charge is 0.334 e. The zero-order valence-electron chi connectivity index (χ0n) is 15.4. The molecule has 2 N–H and O–H groups in total. The van der Waals surface area contributed by atoms with Gasteiger partial charge in [0.15, 0.2) is 5.82 Å². The molecular weight excluding hydrogens is 316 g/mol. The Balaban J connectivity index is 1.33. The van der Waals surface area contributed by atoms with E-state index in [-0.39, 0.29) is 24.0 Å². The van der Waals surface area contributed by atoms with Gasteiger partial charge in [-0.3, -0.25) is 0 Å². The third-order valence-corrected chi connectivity index (χ3v) is 5.69. The molecule has 3 aliphatic rings. The third-order valence-electron chi connectivity index (χ3n) is 5.69. The lowest BCUT2D eigenvalue weighted by atomic mass is 10.0. The van der Waals surface area contributed by atoms with E-state index >= 15 is 0 Å². The van der Waals surface area contributed by atoms with Crippen molar-refractivity contribution in [3.63, 3.8) is 0 Å². The van der Waals surface area contributed by atoms with Gasteiger partial charge < -0.3 is 20.1 Å². The molecule has 2 amide bonds. The van der Waals surface area contributed by atoms with E-state index in [1.165, 1.54) is 19.4 Å². The van der Waals surface area contributed by atoms with Gasteiger partial charge in [0.1, 0.15) is 5.82 Å². The highest BCUT2D eigenvalue weighted by Gasteiger charge is 2.31. The Morgan fingerprint density at radius 2 is 2.08 bits per heavy atom. The Hall–Kier alpha value is -1.63. The van der Waals surface area contributed by atoms with Gasteiger partial charge >= 0.3 is 6.03 Å². The van der Waals surface area contributed by atoms with Crippen molar-refractivity contribution in [2.45, 2.75) is 64.6 Å². The molecule has 3 heterocycles. The summed E-state index contributed by atoms with van der Waals surface area (Å²) in [4.78, 5) is 15.0. The summed E-state index contributed by atoms with van der Waals surface area (Å²) < 4.78 is 2.18. The number of hydrogen-bond donors (Lipinski definition) is 2. The van der Waals surface area contributed by atoms with Crippen LogP contribution in [0.3, 0.4) is 0 Å². The second-order valence-corrected chi connectivity index (χ2v) is 8.26. The van der Waals surface area contributed by atoms with Crippen LogP contribution in [0.15, 0.2) is 0 Å². The zero-order valence-corrected chi connectivity index (χ0v) is 15.4. The summed E-state index contributed by atoms with van der Waals surface area (Å²) in [5.41, 5.74) is 0. The number of carbonyl (C=O) groups excluding carboxylic acids is 1. The molecule has 2 fully saturated rings. The van der Waals surface area contributed by atoms with Crippen LogP contribution in [0.25, 0.3) is 0 Å². The first kappa shape index (κ1) is 16.8. The lowest BCUT2D eigenvalue weighted by molar-refractivity contribution is 0.227. The predicted molar refractivity (Wildman–Crippen MR) is 95.2 cm³/mol. The first-order valence-corrected chi connectivity index (χ1v) is 9.81. The fourth-order valence-electron chi connectivity index (χ4n) is 4.08. The van der Waals surface area contributed by atoms with Gasteiger partial charge in [-0.05, 0) is 37.5 Å². The smallest absolute Gasteiger partial charge is 0.315 e. The molecule has 1 saturated heterocycles. The van der Waals surface area contributed by atoms with E-state index in [1.54, 1.807) is 0 Å². The van der Waals surface area contributed by atoms with Gasteiger partial charge in [0.25, 0.3) is 0 Å². The van der Waals surface area contributed by atoms with Crippen molar-refractivity contribution in [3.05, 3.63) is 11.6 Å². The quantitative estimate of drug-likeness (QED) is 0.822. The molecule has 7 nitrogen and oxygen atoms in total. The maximum atomic E-state index is 12.6. The first-order chi connectivity index (χ1) is 12.1. The van der Waals surface area contributed by atoms with Gasteiger partial charge in [0.05, 0.1) is 6.04 Å². The maximum Gasteiger partial charge on any atom is 0.315 e. The van der Waals surface area contributed by atoms with Crippen LogP contribution in [-0.2, 0) is 13.0 Å². The number of aromatic nitrogens is 3. The summed E-state index contributed by atoms with van der Waals surface area (Å²) in [5.74, 6) is 3.14. The Bertz CT molecular complexity index is 623. The van der Waals surface area contributed by atoms with E-state index < -0.39 is 0 Å². The number of urea groups is 1. The Morgan fingerprint density at radius 1 is 1.24 bits per heavy atom. The molecule has 25 heavy (non-hydrogen) atoms. The summed E-state index contributed by atoms with van der Waals surface area (Å²) in [7, 11) is 0. The SMILES string of the molecule is CC(C)[C@@H](NC(=O)N[C@H]1CCN(CC2CC2)C1)c1nnc2n1CCC2. The number of amides is 2. The van der Waals surface area contributed by atoms with Crippen molar-refractivity contribution >= 4 is 6.03 Å². The van der Waals surface area contributed by atoms with Gasteiger partial charge in [-0.15, -0.1) is 10.2 Å². The second kappa shape index (κ2) is 6.94. The number of fused-ring (bicyclic) bond motifs is 1. The molecule has 7 heteroatoms. The zero-order chi connectivity index (χ0) is 17.4. The molecule has 4 rings (SSSR count). The first-order valence-electron chi connectivity index (χ1n) is 9.81. The highest BCUT2D eigenvalue weighted by atomic mass is 16.2. The molecule has 0 bridgehead atoms. The normalized spacial score (nSPS) is 24.5. The summed E-state index contributed by atoms with van der Waals surface area (Å²) in [6.45, 7) is 8.50. The van der Waals surface area contributed by atoms with Crippen LogP contribution in [0.4, 0.5) is 4.79 Å². The molecule has 0 aromatic carbocycles. The minimum atomic E-state index is -0.0941. The Kier molecular flexibility index (Phi) is 4.67. The van der Waals surface area contributed by atoms with Crippen LogP contribution >= 0.6 is 0 Å². The van der Waals surface area contributed by atoms with Crippen molar-refractivity contribution in [1.82, 2.24) is 30.3 Å². The van der Waals surface area contributed by atoms with E-state index in [9.17, 15) is 4.79 Å². The van der Waals surface area contributed by atoms with Gasteiger partial charge in [-0.2, -0.15) is 0 Å². The molecule has 2 atom stereocenters. The van der Waals surface area contributed by atoms with Gasteiger partial charge in [0.2, 0.25) is 0 Å². The lowest BCUT2D eigenvalue weighted by Gasteiger charge is -2.23. The fourth-order valence-corrected chi connectivity index (χ4v) is 4.08. The Morgan fingerprint density at radius 3 is 2.84 bits per heavy atom. The van der Waals surface area contributed by atoms with Crippen LogP contribution in [-0.4, -0.2) is 51.4 Å². The molecule has 138 valence electrons. The molecule has 1 aromatic heterocycles. The highest BCUT2D eigenvalue weighted by Crippen LogP contribution is 2.30. The van der Waals surface area contributed by atoms with Crippen molar-refractivity contribution in [1.29, 1.82) is 0 Å². The van der Waals surface area contributed by atoms with E-state index in [1.807, 2.05) is 0 Å². The van der Waals surface area contributed by atoms with Crippen LogP contribution in [0.1, 0.15) is 57.2 Å².